The van der Waals surface area contributed by atoms with Gasteiger partial charge in [-0.1, -0.05) is 17.9 Å². The first-order chi connectivity index (χ1) is 9.28. The van der Waals surface area contributed by atoms with Gasteiger partial charge in [-0.3, -0.25) is 4.79 Å². The number of hydrogen-bond acceptors (Lipinski definition) is 2. The van der Waals surface area contributed by atoms with Gasteiger partial charge in [0, 0.05) is 23.7 Å². The largest absolute Gasteiger partial charge is 0.335 e. The Hall–Kier alpha value is -1.79. The smallest absolute Gasteiger partial charge is 0.254 e. The van der Waals surface area contributed by atoms with E-state index >= 15 is 0 Å². The number of nitrogens with zero attached hydrogens (tertiary/aromatic N) is 1. The summed E-state index contributed by atoms with van der Waals surface area (Å²) in [5.41, 5.74) is 6.97. The van der Waals surface area contributed by atoms with Crippen LogP contribution < -0.4 is 5.73 Å². The Bertz CT molecular complexity index is 555. The molecule has 2 fully saturated rings. The lowest BCUT2D eigenvalue weighted by Gasteiger charge is -2.27. The Labute approximate surface area is 113 Å². The third-order valence-corrected chi connectivity index (χ3v) is 4.11. The standard InChI is InChI=1S/C16H18N2O/c17-8-2-4-12-3-1-5-14(9-12)16(19)18-11-13-6-7-15(18)10-13/h1,3,5,9,13,15H,6-8,10-11,17H2. The van der Waals surface area contributed by atoms with E-state index in [9.17, 15) is 4.79 Å². The average Bonchev–Trinajstić information content (AvgIpc) is 3.07. The molecule has 3 rings (SSSR count). The molecular weight excluding hydrogens is 236 g/mol. The lowest BCUT2D eigenvalue weighted by atomic mass is 10.1. The monoisotopic (exact) mass is 254 g/mol. The zero-order chi connectivity index (χ0) is 13.2. The van der Waals surface area contributed by atoms with E-state index in [-0.39, 0.29) is 5.91 Å². The first kappa shape index (κ1) is 12.3. The number of rotatable bonds is 1. The summed E-state index contributed by atoms with van der Waals surface area (Å²) >= 11 is 0. The van der Waals surface area contributed by atoms with Crippen LogP contribution in [0.5, 0.6) is 0 Å². The highest BCUT2D eigenvalue weighted by Gasteiger charge is 2.40. The highest BCUT2D eigenvalue weighted by Crippen LogP contribution is 2.38. The van der Waals surface area contributed by atoms with Gasteiger partial charge in [-0.15, -0.1) is 0 Å². The third-order valence-electron chi connectivity index (χ3n) is 4.11. The van der Waals surface area contributed by atoms with Crippen LogP contribution in [0.2, 0.25) is 0 Å². The number of hydrogen-bond donors (Lipinski definition) is 1. The fourth-order valence-electron chi connectivity index (χ4n) is 3.22. The fraction of sp³-hybridized carbons (Fsp3) is 0.438. The minimum absolute atomic E-state index is 0.156. The molecule has 2 bridgehead atoms. The van der Waals surface area contributed by atoms with Gasteiger partial charge in [0.15, 0.2) is 0 Å². The highest BCUT2D eigenvalue weighted by molar-refractivity contribution is 5.95. The number of likely N-dealkylation sites (tertiary alicyclic amines) is 1. The van der Waals surface area contributed by atoms with Crippen molar-refractivity contribution in [2.45, 2.75) is 25.3 Å². The molecule has 1 aromatic carbocycles. The van der Waals surface area contributed by atoms with Crippen LogP contribution in [0.25, 0.3) is 0 Å². The van der Waals surface area contributed by atoms with Crippen molar-refractivity contribution in [1.82, 2.24) is 4.90 Å². The molecule has 3 heteroatoms. The maximum absolute atomic E-state index is 12.5. The van der Waals surface area contributed by atoms with E-state index < -0.39 is 0 Å². The van der Waals surface area contributed by atoms with Crippen LogP contribution in [0.15, 0.2) is 24.3 Å². The summed E-state index contributed by atoms with van der Waals surface area (Å²) in [6.45, 7) is 1.27. The SMILES string of the molecule is NCC#Cc1cccc(C(=O)N2CC3CCC2C3)c1. The Balaban J connectivity index is 1.80. The maximum Gasteiger partial charge on any atom is 0.254 e. The minimum Gasteiger partial charge on any atom is -0.335 e. The van der Waals surface area contributed by atoms with Crippen LogP contribution in [0, 0.1) is 17.8 Å². The number of benzene rings is 1. The number of fused-ring (bicyclic) bond motifs is 2. The molecule has 98 valence electrons. The molecule has 0 spiro atoms. The number of carbonyl (C=O) groups is 1. The van der Waals surface area contributed by atoms with Crippen LogP contribution in [-0.4, -0.2) is 29.9 Å². The minimum atomic E-state index is 0.156. The van der Waals surface area contributed by atoms with Crippen molar-refractivity contribution in [1.29, 1.82) is 0 Å². The molecule has 1 aromatic rings. The van der Waals surface area contributed by atoms with E-state index in [2.05, 4.69) is 11.8 Å². The van der Waals surface area contributed by atoms with Crippen molar-refractivity contribution < 1.29 is 4.79 Å². The molecule has 0 aromatic heterocycles. The van der Waals surface area contributed by atoms with E-state index in [1.165, 1.54) is 19.3 Å². The second-order valence-electron chi connectivity index (χ2n) is 5.38. The number of nitrogens with two attached hydrogens (primary N) is 1. The maximum atomic E-state index is 12.5. The van der Waals surface area contributed by atoms with Gasteiger partial charge in [0.05, 0.1) is 6.54 Å². The molecule has 1 aliphatic carbocycles. The molecule has 2 aliphatic rings. The van der Waals surface area contributed by atoms with Crippen LogP contribution >= 0.6 is 0 Å². The van der Waals surface area contributed by atoms with Gasteiger partial charge in [-0.2, -0.15) is 0 Å². The third kappa shape index (κ3) is 2.36. The molecule has 2 unspecified atom stereocenters. The van der Waals surface area contributed by atoms with Gasteiger partial charge >= 0.3 is 0 Å². The summed E-state index contributed by atoms with van der Waals surface area (Å²) in [6, 6.07) is 8.02. The topological polar surface area (TPSA) is 46.3 Å². The summed E-state index contributed by atoms with van der Waals surface area (Å²) in [5.74, 6) is 6.69. The van der Waals surface area contributed by atoms with Gasteiger partial charge in [0.25, 0.3) is 5.91 Å². The Morgan fingerprint density at radius 2 is 2.32 bits per heavy atom. The Morgan fingerprint density at radius 1 is 1.42 bits per heavy atom. The molecule has 1 saturated heterocycles. The van der Waals surface area contributed by atoms with E-state index in [0.717, 1.165) is 23.6 Å². The van der Waals surface area contributed by atoms with E-state index in [4.69, 9.17) is 5.73 Å². The molecule has 0 radical (unpaired) electrons. The second kappa shape index (κ2) is 5.07. The summed E-state index contributed by atoms with van der Waals surface area (Å²) in [7, 11) is 0. The predicted molar refractivity (Wildman–Crippen MR) is 74.5 cm³/mol. The quantitative estimate of drug-likeness (QED) is 0.774. The van der Waals surface area contributed by atoms with Crippen molar-refractivity contribution in [2.75, 3.05) is 13.1 Å². The molecule has 19 heavy (non-hydrogen) atoms. The van der Waals surface area contributed by atoms with Crippen molar-refractivity contribution >= 4 is 5.91 Å². The van der Waals surface area contributed by atoms with E-state index in [1.54, 1.807) is 0 Å². The van der Waals surface area contributed by atoms with E-state index in [0.29, 0.717) is 12.6 Å². The van der Waals surface area contributed by atoms with Crippen LogP contribution in [-0.2, 0) is 0 Å². The molecule has 3 nitrogen and oxygen atoms in total. The molecule has 2 N–H and O–H groups in total. The molecule has 1 heterocycles. The summed E-state index contributed by atoms with van der Waals surface area (Å²) in [5, 5.41) is 0. The van der Waals surface area contributed by atoms with Gasteiger partial charge < -0.3 is 10.6 Å². The first-order valence-electron chi connectivity index (χ1n) is 6.88. The summed E-state index contributed by atoms with van der Waals surface area (Å²) in [6.07, 6.45) is 3.65. The molecule has 1 amide bonds. The van der Waals surface area contributed by atoms with Crippen LogP contribution in [0.3, 0.4) is 0 Å². The Kier molecular flexibility index (Phi) is 3.27. The second-order valence-corrected chi connectivity index (χ2v) is 5.38. The van der Waals surface area contributed by atoms with Gasteiger partial charge in [0.2, 0.25) is 0 Å². The van der Waals surface area contributed by atoms with Crippen molar-refractivity contribution in [3.05, 3.63) is 35.4 Å². The lowest BCUT2D eigenvalue weighted by molar-refractivity contribution is 0.0703. The van der Waals surface area contributed by atoms with E-state index in [1.807, 2.05) is 29.2 Å². The molecule has 2 atom stereocenters. The van der Waals surface area contributed by atoms with Crippen molar-refractivity contribution in [2.24, 2.45) is 11.7 Å². The van der Waals surface area contributed by atoms with Gasteiger partial charge in [-0.05, 0) is 43.4 Å². The van der Waals surface area contributed by atoms with Crippen molar-refractivity contribution in [3.63, 3.8) is 0 Å². The zero-order valence-electron chi connectivity index (χ0n) is 10.9. The number of piperidine rings is 1. The van der Waals surface area contributed by atoms with Gasteiger partial charge in [0.1, 0.15) is 0 Å². The van der Waals surface area contributed by atoms with Crippen LogP contribution in [0.4, 0.5) is 0 Å². The highest BCUT2D eigenvalue weighted by atomic mass is 16.2. The number of amides is 1. The fourth-order valence-corrected chi connectivity index (χ4v) is 3.22. The summed E-state index contributed by atoms with van der Waals surface area (Å²) < 4.78 is 0. The number of carbonyl (C=O) groups excluding carboxylic acids is 1. The first-order valence-corrected chi connectivity index (χ1v) is 6.88. The van der Waals surface area contributed by atoms with Gasteiger partial charge in [-0.25, -0.2) is 0 Å². The van der Waals surface area contributed by atoms with Crippen molar-refractivity contribution in [3.8, 4) is 11.8 Å². The molecular formula is C16H18N2O. The summed E-state index contributed by atoms with van der Waals surface area (Å²) in [4.78, 5) is 14.6. The molecule has 1 saturated carbocycles. The predicted octanol–water partition coefficient (Wildman–Crippen LogP) is 1.62. The molecule has 1 aliphatic heterocycles. The van der Waals surface area contributed by atoms with Crippen LogP contribution in [0.1, 0.15) is 35.2 Å². The zero-order valence-corrected chi connectivity index (χ0v) is 10.9. The normalized spacial score (nSPS) is 24.2. The lowest BCUT2D eigenvalue weighted by Crippen LogP contribution is -2.37. The Morgan fingerprint density at radius 3 is 3.00 bits per heavy atom. The average molecular weight is 254 g/mol.